The van der Waals surface area contributed by atoms with Crippen LogP contribution in [0.3, 0.4) is 0 Å². The standard InChI is InChI=1S/C28H42ClFN4O4/c1-37-28(36)32-14-16-38-26(22-10-5-11-23(29)25(22)30)20-9-6-15-34(18-20)27(35)33-24-17-31-13-12-21(24)19-7-3-2-4-8-19/h5,10-11,19-21,24,26,31H,2-4,6-9,12-18H2,1H3,(H,32,36)(H,33,35)/t20?,21-,24+,26+/m0/s1. The molecule has 1 aromatic rings. The highest BCUT2D eigenvalue weighted by molar-refractivity contribution is 6.30. The first-order valence-corrected chi connectivity index (χ1v) is 14.5. The molecular formula is C28H42ClFN4O4. The number of piperidine rings is 2. The number of rotatable bonds is 8. The van der Waals surface area contributed by atoms with Gasteiger partial charge in [-0.2, -0.15) is 0 Å². The van der Waals surface area contributed by atoms with Crippen LogP contribution in [0.5, 0.6) is 0 Å². The summed E-state index contributed by atoms with van der Waals surface area (Å²) in [6, 6.07) is 4.97. The molecule has 0 aromatic heterocycles. The largest absolute Gasteiger partial charge is 0.453 e. The molecule has 3 N–H and O–H groups in total. The van der Waals surface area contributed by atoms with E-state index in [2.05, 4.69) is 20.7 Å². The molecule has 0 radical (unpaired) electrons. The lowest BCUT2D eigenvalue weighted by molar-refractivity contribution is -0.0108. The minimum atomic E-state index is -0.602. The Labute approximate surface area is 230 Å². The number of methoxy groups -OCH3 is 1. The highest BCUT2D eigenvalue weighted by Crippen LogP contribution is 2.37. The van der Waals surface area contributed by atoms with Gasteiger partial charge in [0, 0.05) is 43.7 Å². The molecule has 2 heterocycles. The van der Waals surface area contributed by atoms with Crippen molar-refractivity contribution < 1.29 is 23.5 Å². The lowest BCUT2D eigenvalue weighted by atomic mass is 9.74. The van der Waals surface area contributed by atoms with Crippen LogP contribution in [0.15, 0.2) is 18.2 Å². The van der Waals surface area contributed by atoms with Crippen LogP contribution in [-0.4, -0.2) is 69.5 Å². The number of carbonyl (C=O) groups is 2. The molecule has 212 valence electrons. The number of urea groups is 1. The van der Waals surface area contributed by atoms with Crippen molar-refractivity contribution in [2.45, 2.75) is 63.5 Å². The van der Waals surface area contributed by atoms with E-state index in [4.69, 9.17) is 16.3 Å². The molecule has 4 atom stereocenters. The molecule has 2 saturated heterocycles. The summed E-state index contributed by atoms with van der Waals surface area (Å²) in [5, 5.41) is 9.44. The quantitative estimate of drug-likeness (QED) is 0.400. The minimum absolute atomic E-state index is 0.0350. The van der Waals surface area contributed by atoms with Crippen LogP contribution in [0.2, 0.25) is 5.02 Å². The molecule has 3 amide bonds. The Bertz CT molecular complexity index is 932. The van der Waals surface area contributed by atoms with Gasteiger partial charge < -0.3 is 30.3 Å². The maximum absolute atomic E-state index is 15.1. The average molecular weight is 553 g/mol. The fourth-order valence-electron chi connectivity index (χ4n) is 6.49. The molecule has 1 unspecified atom stereocenters. The van der Waals surface area contributed by atoms with E-state index in [1.807, 2.05) is 4.90 Å². The number of nitrogens with one attached hydrogen (secondary N) is 3. The number of likely N-dealkylation sites (tertiary alicyclic amines) is 1. The molecule has 2 aliphatic heterocycles. The van der Waals surface area contributed by atoms with Gasteiger partial charge in [-0.15, -0.1) is 0 Å². The summed E-state index contributed by atoms with van der Waals surface area (Å²) in [6.07, 6.45) is 7.97. The summed E-state index contributed by atoms with van der Waals surface area (Å²) < 4.78 is 25.8. The van der Waals surface area contributed by atoms with Crippen molar-refractivity contribution >= 4 is 23.7 Å². The van der Waals surface area contributed by atoms with E-state index in [0.717, 1.165) is 32.4 Å². The monoisotopic (exact) mass is 552 g/mol. The minimum Gasteiger partial charge on any atom is -0.453 e. The van der Waals surface area contributed by atoms with Gasteiger partial charge in [-0.05, 0) is 43.7 Å². The van der Waals surface area contributed by atoms with Crippen LogP contribution in [0.1, 0.15) is 63.0 Å². The molecule has 10 heteroatoms. The third kappa shape index (κ3) is 7.51. The molecule has 1 aromatic carbocycles. The van der Waals surface area contributed by atoms with Gasteiger partial charge in [-0.25, -0.2) is 14.0 Å². The number of halogens is 2. The smallest absolute Gasteiger partial charge is 0.406 e. The summed E-state index contributed by atoms with van der Waals surface area (Å²) in [5.41, 5.74) is 0.372. The third-order valence-electron chi connectivity index (χ3n) is 8.42. The predicted octanol–water partition coefficient (Wildman–Crippen LogP) is 4.87. The van der Waals surface area contributed by atoms with E-state index in [-0.39, 0.29) is 36.2 Å². The van der Waals surface area contributed by atoms with E-state index in [1.54, 1.807) is 12.1 Å². The fraction of sp³-hybridized carbons (Fsp3) is 0.714. The summed E-state index contributed by atoms with van der Waals surface area (Å²) in [5.74, 6) is 0.581. The van der Waals surface area contributed by atoms with Gasteiger partial charge in [-0.3, -0.25) is 0 Å². The van der Waals surface area contributed by atoms with Gasteiger partial charge in [-0.1, -0.05) is 55.8 Å². The molecule has 3 aliphatic rings. The first kappa shape index (κ1) is 28.9. The number of amides is 3. The molecular weight excluding hydrogens is 511 g/mol. The van der Waals surface area contributed by atoms with E-state index >= 15 is 4.39 Å². The Kier molecular flexibility index (Phi) is 10.9. The zero-order chi connectivity index (χ0) is 26.9. The lowest BCUT2D eigenvalue weighted by Gasteiger charge is -2.42. The summed E-state index contributed by atoms with van der Waals surface area (Å²) >= 11 is 6.10. The van der Waals surface area contributed by atoms with Gasteiger partial charge in [0.2, 0.25) is 0 Å². The van der Waals surface area contributed by atoms with Crippen molar-refractivity contribution in [2.24, 2.45) is 17.8 Å². The average Bonchev–Trinajstić information content (AvgIpc) is 2.95. The Hall–Kier alpha value is -2.10. The number of hydrogen-bond acceptors (Lipinski definition) is 5. The van der Waals surface area contributed by atoms with Crippen LogP contribution < -0.4 is 16.0 Å². The van der Waals surface area contributed by atoms with E-state index in [0.29, 0.717) is 30.5 Å². The van der Waals surface area contributed by atoms with Gasteiger partial charge in [0.1, 0.15) is 5.82 Å². The molecule has 8 nitrogen and oxygen atoms in total. The topological polar surface area (TPSA) is 91.9 Å². The Morgan fingerprint density at radius 1 is 1.18 bits per heavy atom. The third-order valence-corrected chi connectivity index (χ3v) is 8.71. The van der Waals surface area contributed by atoms with Crippen LogP contribution in [0, 0.1) is 23.6 Å². The zero-order valence-corrected chi connectivity index (χ0v) is 23.1. The van der Waals surface area contributed by atoms with Gasteiger partial charge >= 0.3 is 12.1 Å². The normalized spacial score (nSPS) is 25.4. The van der Waals surface area contributed by atoms with Gasteiger partial charge in [0.25, 0.3) is 0 Å². The predicted molar refractivity (Wildman–Crippen MR) is 145 cm³/mol. The second-order valence-electron chi connectivity index (χ2n) is 10.8. The van der Waals surface area contributed by atoms with Crippen LogP contribution in [0.4, 0.5) is 14.0 Å². The van der Waals surface area contributed by atoms with Crippen LogP contribution in [0.25, 0.3) is 0 Å². The molecule has 4 rings (SSSR count). The van der Waals surface area contributed by atoms with Crippen molar-refractivity contribution in [1.29, 1.82) is 0 Å². The van der Waals surface area contributed by atoms with Crippen molar-refractivity contribution in [3.8, 4) is 0 Å². The lowest BCUT2D eigenvalue weighted by Crippen LogP contribution is -2.57. The van der Waals surface area contributed by atoms with E-state index < -0.39 is 18.0 Å². The maximum atomic E-state index is 15.1. The van der Waals surface area contributed by atoms with Crippen molar-refractivity contribution in [3.63, 3.8) is 0 Å². The number of benzene rings is 1. The van der Waals surface area contributed by atoms with Gasteiger partial charge in [0.15, 0.2) is 0 Å². The van der Waals surface area contributed by atoms with E-state index in [1.165, 1.54) is 45.3 Å². The SMILES string of the molecule is COC(=O)NCCO[C@@H](c1cccc(Cl)c1F)C1CCCN(C(=O)N[C@@H]2CNCC[C@H]2C2CCCCC2)C1. The van der Waals surface area contributed by atoms with Crippen molar-refractivity contribution in [2.75, 3.05) is 46.4 Å². The van der Waals surface area contributed by atoms with Crippen LogP contribution >= 0.6 is 11.6 Å². The van der Waals surface area contributed by atoms with Crippen molar-refractivity contribution in [1.82, 2.24) is 20.9 Å². The summed E-state index contributed by atoms with van der Waals surface area (Å²) in [7, 11) is 1.29. The first-order chi connectivity index (χ1) is 18.5. The van der Waals surface area contributed by atoms with Crippen LogP contribution in [-0.2, 0) is 9.47 Å². The molecule has 1 aliphatic carbocycles. The Morgan fingerprint density at radius 2 is 2.00 bits per heavy atom. The number of nitrogens with zero attached hydrogens (tertiary/aromatic N) is 1. The number of ether oxygens (including phenoxy) is 2. The summed E-state index contributed by atoms with van der Waals surface area (Å²) in [4.78, 5) is 26.7. The zero-order valence-electron chi connectivity index (χ0n) is 22.4. The molecule has 0 bridgehead atoms. The highest BCUT2D eigenvalue weighted by atomic mass is 35.5. The Balaban J connectivity index is 1.42. The number of hydrogen-bond donors (Lipinski definition) is 3. The number of carbonyl (C=O) groups excluding carboxylic acids is 2. The second-order valence-corrected chi connectivity index (χ2v) is 11.2. The molecule has 3 fully saturated rings. The van der Waals surface area contributed by atoms with Gasteiger partial charge in [0.05, 0.1) is 24.8 Å². The highest BCUT2D eigenvalue weighted by Gasteiger charge is 2.36. The molecule has 38 heavy (non-hydrogen) atoms. The summed E-state index contributed by atoms with van der Waals surface area (Å²) in [6.45, 7) is 3.32. The maximum Gasteiger partial charge on any atom is 0.406 e. The van der Waals surface area contributed by atoms with Crippen molar-refractivity contribution in [3.05, 3.63) is 34.6 Å². The molecule has 0 spiro atoms. The Morgan fingerprint density at radius 3 is 2.79 bits per heavy atom. The van der Waals surface area contributed by atoms with E-state index in [9.17, 15) is 9.59 Å². The molecule has 1 saturated carbocycles. The number of alkyl carbamates (subject to hydrolysis) is 1. The fourth-order valence-corrected chi connectivity index (χ4v) is 6.67. The second kappa shape index (κ2) is 14.3. The first-order valence-electron chi connectivity index (χ1n) is 14.1.